The van der Waals surface area contributed by atoms with E-state index in [9.17, 15) is 36.3 Å². The highest BCUT2D eigenvalue weighted by Gasteiger charge is 2.33. The molecule has 0 saturated carbocycles. The fourth-order valence-electron chi connectivity index (χ4n) is 5.26. The number of hydrogen-bond acceptors (Lipinski definition) is 11. The molecule has 14 nitrogen and oxygen atoms in total. The number of nitrogens with zero attached hydrogens (tertiary/aromatic N) is 1. The van der Waals surface area contributed by atoms with Crippen LogP contribution in [0.4, 0.5) is 24.7 Å². The molecule has 0 radical (unpaired) electrons. The Morgan fingerprint density at radius 1 is 0.981 bits per heavy atom. The van der Waals surface area contributed by atoms with Gasteiger partial charge in [-0.05, 0) is 79.6 Å². The number of nitrogens with two attached hydrogens (primary N) is 1. The molecular formula is C35H44F3N5O9S. The zero-order valence-corrected chi connectivity index (χ0v) is 29.8. The van der Waals surface area contributed by atoms with Crippen molar-refractivity contribution in [2.24, 2.45) is 5.73 Å². The standard InChI is InChI=1S/C35H44F3N5O9S/c36-35(37,38)26-5-1-7-28(22-26)53(47,48)43-30(34(45)46)21-24-8-11-31(52-14-3-6-27-10-9-25-4-2-13-40-33(25)41-27)29(20-24)42-32(44)23-51-19-18-50-17-16-49-15-12-39/h1,5,7-11,20,22,30,43H,2-4,6,12-19,21,23,39H2,(H,40,41)(H,42,44)(H,45,46)/t30-/m0/s1. The van der Waals surface area contributed by atoms with Gasteiger partial charge in [0.2, 0.25) is 15.9 Å². The van der Waals surface area contributed by atoms with Crippen LogP contribution in [-0.2, 0) is 59.3 Å². The number of fused-ring (bicyclic) bond motifs is 1. The molecule has 3 aromatic rings. The van der Waals surface area contributed by atoms with E-state index in [2.05, 4.69) is 21.7 Å². The highest BCUT2D eigenvalue weighted by molar-refractivity contribution is 7.89. The van der Waals surface area contributed by atoms with E-state index in [0.717, 1.165) is 43.0 Å². The molecule has 1 aliphatic heterocycles. The number of carbonyl (C=O) groups is 2. The summed E-state index contributed by atoms with van der Waals surface area (Å²) in [5.74, 6) is -0.972. The van der Waals surface area contributed by atoms with E-state index in [0.29, 0.717) is 51.3 Å². The first-order valence-corrected chi connectivity index (χ1v) is 18.5. The molecule has 18 heteroatoms. The molecule has 0 aliphatic carbocycles. The second-order valence-electron chi connectivity index (χ2n) is 12.0. The van der Waals surface area contributed by atoms with Crippen LogP contribution in [0.2, 0.25) is 0 Å². The zero-order valence-electron chi connectivity index (χ0n) is 29.0. The summed E-state index contributed by atoms with van der Waals surface area (Å²) in [5, 5.41) is 15.9. The van der Waals surface area contributed by atoms with Crippen LogP contribution < -0.4 is 25.8 Å². The molecule has 1 atom stereocenters. The Hall–Kier alpha value is -4.33. The number of amides is 1. The number of ether oxygens (including phenoxy) is 4. The van der Waals surface area contributed by atoms with Gasteiger partial charge in [-0.1, -0.05) is 18.2 Å². The Labute approximate surface area is 305 Å². The van der Waals surface area contributed by atoms with Gasteiger partial charge in [0.1, 0.15) is 24.2 Å². The highest BCUT2D eigenvalue weighted by Crippen LogP contribution is 2.31. The van der Waals surface area contributed by atoms with Crippen LogP contribution in [-0.4, -0.2) is 95.8 Å². The van der Waals surface area contributed by atoms with E-state index in [-0.39, 0.29) is 43.4 Å². The molecule has 0 fully saturated rings. The number of carboxylic acid groups (broad SMARTS) is 1. The maximum atomic E-state index is 13.2. The summed E-state index contributed by atoms with van der Waals surface area (Å²) in [6, 6.07) is 9.69. The normalized spacial score (nSPS) is 13.5. The number of aryl methyl sites for hydroxylation is 2. The van der Waals surface area contributed by atoms with Gasteiger partial charge in [-0.15, -0.1) is 0 Å². The maximum Gasteiger partial charge on any atom is 0.416 e. The van der Waals surface area contributed by atoms with Gasteiger partial charge in [0.25, 0.3) is 0 Å². The molecular weight excluding hydrogens is 723 g/mol. The monoisotopic (exact) mass is 767 g/mol. The zero-order chi connectivity index (χ0) is 38.3. The van der Waals surface area contributed by atoms with Crippen LogP contribution in [0.1, 0.15) is 35.2 Å². The van der Waals surface area contributed by atoms with Crippen molar-refractivity contribution in [3.8, 4) is 5.75 Å². The second kappa shape index (κ2) is 20.2. The number of aliphatic carboxylic acids is 1. The van der Waals surface area contributed by atoms with Crippen molar-refractivity contribution < 1.29 is 55.2 Å². The smallest absolute Gasteiger partial charge is 0.416 e. The van der Waals surface area contributed by atoms with E-state index >= 15 is 0 Å². The molecule has 2 heterocycles. The van der Waals surface area contributed by atoms with E-state index in [1.54, 1.807) is 0 Å². The fraction of sp³-hybridized carbons (Fsp3) is 0.457. The number of anilines is 2. The third-order valence-corrected chi connectivity index (χ3v) is 9.32. The summed E-state index contributed by atoms with van der Waals surface area (Å²) in [7, 11) is -4.68. The Kier molecular flexibility index (Phi) is 15.8. The lowest BCUT2D eigenvalue weighted by Crippen LogP contribution is -2.42. The molecule has 1 amide bonds. The van der Waals surface area contributed by atoms with Gasteiger partial charge < -0.3 is 40.4 Å². The number of carboxylic acids is 1. The topological polar surface area (TPSA) is 200 Å². The van der Waals surface area contributed by atoms with E-state index in [1.807, 2.05) is 10.8 Å². The summed E-state index contributed by atoms with van der Waals surface area (Å²) >= 11 is 0. The molecule has 1 aliphatic rings. The number of alkyl halides is 3. The Morgan fingerprint density at radius 3 is 2.47 bits per heavy atom. The first-order valence-electron chi connectivity index (χ1n) is 17.0. The number of rotatable bonds is 22. The molecule has 4 rings (SSSR count). The van der Waals surface area contributed by atoms with Crippen molar-refractivity contribution in [3.63, 3.8) is 0 Å². The molecule has 1 aromatic heterocycles. The quantitative estimate of drug-likeness (QED) is 0.0936. The molecule has 290 valence electrons. The van der Waals surface area contributed by atoms with Gasteiger partial charge in [-0.25, -0.2) is 13.4 Å². The van der Waals surface area contributed by atoms with Crippen molar-refractivity contribution in [1.29, 1.82) is 0 Å². The molecule has 0 saturated heterocycles. The van der Waals surface area contributed by atoms with Crippen LogP contribution in [0.3, 0.4) is 0 Å². The van der Waals surface area contributed by atoms with Gasteiger partial charge in [0.05, 0.1) is 55.8 Å². The van der Waals surface area contributed by atoms with Crippen molar-refractivity contribution in [2.75, 3.05) is 70.0 Å². The summed E-state index contributed by atoms with van der Waals surface area (Å²) in [4.78, 5) is 28.9. The summed E-state index contributed by atoms with van der Waals surface area (Å²) in [5.41, 5.74) is 6.67. The number of aromatic nitrogens is 1. The van der Waals surface area contributed by atoms with Crippen molar-refractivity contribution >= 4 is 33.4 Å². The largest absolute Gasteiger partial charge is 0.491 e. The lowest BCUT2D eigenvalue weighted by atomic mass is 10.1. The molecule has 2 aromatic carbocycles. The summed E-state index contributed by atoms with van der Waals surface area (Å²) in [6.45, 7) is 2.62. The lowest BCUT2D eigenvalue weighted by molar-refractivity contribution is -0.139. The first kappa shape index (κ1) is 41.4. The van der Waals surface area contributed by atoms with Crippen LogP contribution in [0.25, 0.3) is 0 Å². The van der Waals surface area contributed by atoms with Crippen LogP contribution in [0.15, 0.2) is 59.5 Å². The third kappa shape index (κ3) is 13.5. The van der Waals surface area contributed by atoms with Crippen molar-refractivity contribution in [3.05, 3.63) is 77.0 Å². The number of hydrogen-bond donors (Lipinski definition) is 5. The number of pyridine rings is 1. The van der Waals surface area contributed by atoms with Crippen LogP contribution in [0.5, 0.6) is 5.75 Å². The predicted octanol–water partition coefficient (Wildman–Crippen LogP) is 3.39. The highest BCUT2D eigenvalue weighted by atomic mass is 32.2. The van der Waals surface area contributed by atoms with Gasteiger partial charge in [0, 0.05) is 18.8 Å². The predicted molar refractivity (Wildman–Crippen MR) is 188 cm³/mol. The molecule has 6 N–H and O–H groups in total. The fourth-order valence-corrected chi connectivity index (χ4v) is 6.49. The van der Waals surface area contributed by atoms with Gasteiger partial charge in [0.15, 0.2) is 0 Å². The molecule has 0 spiro atoms. The average molecular weight is 768 g/mol. The third-order valence-electron chi connectivity index (χ3n) is 7.85. The number of carbonyl (C=O) groups excluding carboxylic acids is 1. The number of halogens is 3. The minimum atomic E-state index is -4.81. The maximum absolute atomic E-state index is 13.2. The number of nitrogens with one attached hydrogen (secondary N) is 3. The number of sulfonamides is 1. The van der Waals surface area contributed by atoms with Crippen LogP contribution in [0, 0.1) is 0 Å². The van der Waals surface area contributed by atoms with Gasteiger partial charge >= 0.3 is 12.1 Å². The first-order chi connectivity index (χ1) is 25.4. The van der Waals surface area contributed by atoms with E-state index in [4.69, 9.17) is 24.7 Å². The Balaban J connectivity index is 1.42. The van der Waals surface area contributed by atoms with E-state index in [1.165, 1.54) is 23.8 Å². The SMILES string of the molecule is NCCOCCOCCOCC(=O)Nc1cc(C[C@H](NS(=O)(=O)c2cccc(C(F)(F)F)c2)C(=O)O)ccc1OCCCc1ccc2c(n1)NCCC2. The molecule has 0 bridgehead atoms. The van der Waals surface area contributed by atoms with E-state index < -0.39 is 51.0 Å². The minimum absolute atomic E-state index is 0.117. The van der Waals surface area contributed by atoms with Gasteiger partial charge in [-0.3, -0.25) is 9.59 Å². The minimum Gasteiger partial charge on any atom is -0.491 e. The second-order valence-corrected chi connectivity index (χ2v) is 13.7. The Morgan fingerprint density at radius 2 is 1.74 bits per heavy atom. The van der Waals surface area contributed by atoms with Crippen molar-refractivity contribution in [2.45, 2.75) is 49.2 Å². The van der Waals surface area contributed by atoms with Gasteiger partial charge in [-0.2, -0.15) is 17.9 Å². The van der Waals surface area contributed by atoms with Crippen molar-refractivity contribution in [1.82, 2.24) is 9.71 Å². The van der Waals surface area contributed by atoms with Crippen LogP contribution >= 0.6 is 0 Å². The molecule has 0 unspecified atom stereocenters. The lowest BCUT2D eigenvalue weighted by Gasteiger charge is -2.18. The summed E-state index contributed by atoms with van der Waals surface area (Å²) < 4.78 is 89.5. The average Bonchev–Trinajstić information content (AvgIpc) is 3.12. The number of benzene rings is 2. The Bertz CT molecular complexity index is 1780. The summed E-state index contributed by atoms with van der Waals surface area (Å²) in [6.07, 6.45) is -2.00. The molecule has 53 heavy (non-hydrogen) atoms.